The summed E-state index contributed by atoms with van der Waals surface area (Å²) in [5.74, 6) is -0.436. The van der Waals surface area contributed by atoms with Gasteiger partial charge in [-0.1, -0.05) is 0 Å². The lowest BCUT2D eigenvalue weighted by Gasteiger charge is -2.14. The number of carboxylic acid groups (broad SMARTS) is 1. The highest BCUT2D eigenvalue weighted by molar-refractivity contribution is 9.10. The Kier molecular flexibility index (Phi) is 2.86. The maximum Gasteiger partial charge on any atom is 0.308 e. The van der Waals surface area contributed by atoms with Gasteiger partial charge in [-0.2, -0.15) is 0 Å². The van der Waals surface area contributed by atoms with E-state index in [1.54, 1.807) is 12.4 Å². The van der Waals surface area contributed by atoms with E-state index in [1.165, 1.54) is 0 Å². The van der Waals surface area contributed by atoms with Crippen molar-refractivity contribution >= 4 is 27.8 Å². The van der Waals surface area contributed by atoms with Crippen LogP contribution in [0.1, 0.15) is 6.42 Å². The van der Waals surface area contributed by atoms with Crippen molar-refractivity contribution in [2.45, 2.75) is 6.42 Å². The summed E-state index contributed by atoms with van der Waals surface area (Å²) in [5, 5.41) is 8.85. The van der Waals surface area contributed by atoms with Gasteiger partial charge in [0.05, 0.1) is 10.4 Å². The van der Waals surface area contributed by atoms with Crippen molar-refractivity contribution in [3.8, 4) is 0 Å². The van der Waals surface area contributed by atoms with E-state index >= 15 is 0 Å². The zero-order valence-electron chi connectivity index (χ0n) is 7.93. The molecule has 1 aromatic heterocycles. The number of carbonyl (C=O) groups is 1. The summed E-state index contributed by atoms with van der Waals surface area (Å²) in [6.45, 7) is 1.20. The molecule has 1 aromatic rings. The number of halogens is 1. The Morgan fingerprint density at radius 1 is 1.53 bits per heavy atom. The molecule has 1 N–H and O–H groups in total. The van der Waals surface area contributed by atoms with E-state index in [-0.39, 0.29) is 5.92 Å². The van der Waals surface area contributed by atoms with Gasteiger partial charge in [-0.15, -0.1) is 0 Å². The quantitative estimate of drug-likeness (QED) is 0.874. The number of aliphatic carboxylic acids is 1. The molecular weight excluding hydrogens is 262 g/mol. The SMILES string of the molecule is O=C(O)C1CCN(c2ncc(Br)cn2)C1. The number of aromatic nitrogens is 2. The lowest BCUT2D eigenvalue weighted by atomic mass is 10.1. The average Bonchev–Trinajstić information content (AvgIpc) is 2.68. The van der Waals surface area contributed by atoms with Gasteiger partial charge in [0.2, 0.25) is 5.95 Å². The van der Waals surface area contributed by atoms with Gasteiger partial charge in [0, 0.05) is 25.5 Å². The molecule has 1 unspecified atom stereocenters. The van der Waals surface area contributed by atoms with Gasteiger partial charge >= 0.3 is 5.97 Å². The predicted molar refractivity (Wildman–Crippen MR) is 57.7 cm³/mol. The number of hydrogen-bond donors (Lipinski definition) is 1. The van der Waals surface area contributed by atoms with Crippen LogP contribution in [0.4, 0.5) is 5.95 Å². The molecule has 80 valence electrons. The molecule has 1 aliphatic rings. The monoisotopic (exact) mass is 271 g/mol. The highest BCUT2D eigenvalue weighted by Crippen LogP contribution is 2.21. The standard InChI is InChI=1S/C9H10BrN3O2/c10-7-3-11-9(12-4-7)13-2-1-6(5-13)8(14)15/h3-4,6H,1-2,5H2,(H,14,15). The van der Waals surface area contributed by atoms with Crippen LogP contribution < -0.4 is 4.90 Å². The average molecular weight is 272 g/mol. The molecule has 0 radical (unpaired) electrons. The second-order valence-corrected chi connectivity index (χ2v) is 4.39. The molecule has 1 aliphatic heterocycles. The van der Waals surface area contributed by atoms with Crippen LogP contribution in [0, 0.1) is 5.92 Å². The summed E-state index contributed by atoms with van der Waals surface area (Å²) in [7, 11) is 0. The molecule has 0 aliphatic carbocycles. The molecule has 1 atom stereocenters. The fourth-order valence-corrected chi connectivity index (χ4v) is 1.82. The minimum Gasteiger partial charge on any atom is -0.481 e. The lowest BCUT2D eigenvalue weighted by Crippen LogP contribution is -2.24. The van der Waals surface area contributed by atoms with Gasteiger partial charge in [0.1, 0.15) is 0 Å². The van der Waals surface area contributed by atoms with Crippen molar-refractivity contribution in [1.29, 1.82) is 0 Å². The molecule has 1 saturated heterocycles. The van der Waals surface area contributed by atoms with E-state index in [0.29, 0.717) is 25.5 Å². The van der Waals surface area contributed by atoms with E-state index in [2.05, 4.69) is 25.9 Å². The van der Waals surface area contributed by atoms with Gasteiger partial charge in [0.15, 0.2) is 0 Å². The number of carboxylic acids is 1. The first-order valence-electron chi connectivity index (χ1n) is 4.62. The summed E-state index contributed by atoms with van der Waals surface area (Å²) < 4.78 is 0.820. The van der Waals surface area contributed by atoms with Crippen molar-refractivity contribution in [1.82, 2.24) is 9.97 Å². The molecule has 2 heterocycles. The lowest BCUT2D eigenvalue weighted by molar-refractivity contribution is -0.140. The number of anilines is 1. The Bertz CT molecular complexity index is 368. The van der Waals surface area contributed by atoms with Gasteiger partial charge in [0.25, 0.3) is 0 Å². The summed E-state index contributed by atoms with van der Waals surface area (Å²) in [5.41, 5.74) is 0. The molecule has 1 fully saturated rings. The van der Waals surface area contributed by atoms with Gasteiger partial charge in [-0.05, 0) is 22.4 Å². The van der Waals surface area contributed by atoms with E-state index in [9.17, 15) is 4.79 Å². The third kappa shape index (κ3) is 2.26. The first-order valence-corrected chi connectivity index (χ1v) is 5.41. The number of nitrogens with zero attached hydrogens (tertiary/aromatic N) is 3. The highest BCUT2D eigenvalue weighted by Gasteiger charge is 2.29. The fraction of sp³-hybridized carbons (Fsp3) is 0.444. The Morgan fingerprint density at radius 2 is 2.20 bits per heavy atom. The van der Waals surface area contributed by atoms with Crippen LogP contribution in [0.3, 0.4) is 0 Å². The molecule has 0 amide bonds. The zero-order chi connectivity index (χ0) is 10.8. The van der Waals surface area contributed by atoms with Gasteiger partial charge in [-0.3, -0.25) is 4.79 Å². The van der Waals surface area contributed by atoms with Crippen LogP contribution in [0.2, 0.25) is 0 Å². The molecule has 0 saturated carbocycles. The normalized spacial score (nSPS) is 20.6. The van der Waals surface area contributed by atoms with Crippen molar-refractivity contribution in [2.75, 3.05) is 18.0 Å². The topological polar surface area (TPSA) is 66.3 Å². The van der Waals surface area contributed by atoms with Crippen LogP contribution in [0.25, 0.3) is 0 Å². The second-order valence-electron chi connectivity index (χ2n) is 3.47. The van der Waals surface area contributed by atoms with Crippen LogP contribution >= 0.6 is 15.9 Å². The van der Waals surface area contributed by atoms with E-state index in [4.69, 9.17) is 5.11 Å². The smallest absolute Gasteiger partial charge is 0.308 e. The Balaban J connectivity index is 2.07. The highest BCUT2D eigenvalue weighted by atomic mass is 79.9. The number of hydrogen-bond acceptors (Lipinski definition) is 4. The molecule has 5 nitrogen and oxygen atoms in total. The second kappa shape index (κ2) is 4.14. The Hall–Kier alpha value is -1.17. The van der Waals surface area contributed by atoms with E-state index in [1.807, 2.05) is 4.90 Å². The minimum absolute atomic E-state index is 0.294. The van der Waals surface area contributed by atoms with Crippen molar-refractivity contribution in [2.24, 2.45) is 5.92 Å². The Morgan fingerprint density at radius 3 is 2.73 bits per heavy atom. The summed E-state index contributed by atoms with van der Waals surface area (Å²) in [6, 6.07) is 0. The van der Waals surface area contributed by atoms with Gasteiger partial charge in [-0.25, -0.2) is 9.97 Å². The van der Waals surface area contributed by atoms with Crippen LogP contribution in [0.15, 0.2) is 16.9 Å². The van der Waals surface area contributed by atoms with Crippen molar-refractivity contribution in [3.05, 3.63) is 16.9 Å². The minimum atomic E-state index is -0.741. The maximum atomic E-state index is 10.8. The fourth-order valence-electron chi connectivity index (χ4n) is 1.61. The summed E-state index contributed by atoms with van der Waals surface area (Å²) >= 11 is 3.25. The van der Waals surface area contributed by atoms with Crippen molar-refractivity contribution in [3.63, 3.8) is 0 Å². The molecular formula is C9H10BrN3O2. The van der Waals surface area contributed by atoms with E-state index < -0.39 is 5.97 Å². The third-order valence-corrected chi connectivity index (χ3v) is 2.84. The molecule has 0 bridgehead atoms. The molecule has 15 heavy (non-hydrogen) atoms. The van der Waals surface area contributed by atoms with E-state index in [0.717, 1.165) is 4.47 Å². The Labute approximate surface area is 95.3 Å². The summed E-state index contributed by atoms with van der Waals surface area (Å²) in [4.78, 5) is 20.9. The van der Waals surface area contributed by atoms with Crippen LogP contribution in [0.5, 0.6) is 0 Å². The van der Waals surface area contributed by atoms with Gasteiger partial charge < -0.3 is 10.0 Å². The largest absolute Gasteiger partial charge is 0.481 e. The molecule has 0 spiro atoms. The third-order valence-electron chi connectivity index (χ3n) is 2.43. The number of rotatable bonds is 2. The molecule has 2 rings (SSSR count). The molecule has 6 heteroatoms. The first kappa shape index (κ1) is 10.4. The first-order chi connectivity index (χ1) is 7.16. The molecule has 0 aromatic carbocycles. The zero-order valence-corrected chi connectivity index (χ0v) is 9.51. The van der Waals surface area contributed by atoms with Crippen LogP contribution in [-0.4, -0.2) is 34.1 Å². The maximum absolute atomic E-state index is 10.8. The predicted octanol–water partition coefficient (Wildman–Crippen LogP) is 1.15. The van der Waals surface area contributed by atoms with Crippen LogP contribution in [-0.2, 0) is 4.79 Å². The van der Waals surface area contributed by atoms with Crippen molar-refractivity contribution < 1.29 is 9.90 Å². The summed E-state index contributed by atoms with van der Waals surface area (Å²) in [6.07, 6.45) is 3.99.